The van der Waals surface area contributed by atoms with E-state index in [1.165, 1.54) is 16.8 Å². The summed E-state index contributed by atoms with van der Waals surface area (Å²) in [4.78, 5) is 2.76. The molecule has 1 aliphatic carbocycles. The van der Waals surface area contributed by atoms with Gasteiger partial charge in [0.1, 0.15) is 0 Å². The molecule has 0 radical (unpaired) electrons. The number of nitrogens with zero attached hydrogens (tertiary/aromatic N) is 1. The molecule has 2 aliphatic rings. The predicted molar refractivity (Wildman–Crippen MR) is 123 cm³/mol. The summed E-state index contributed by atoms with van der Waals surface area (Å²) in [5.41, 5.74) is 4.50. The van der Waals surface area contributed by atoms with Crippen LogP contribution in [0.15, 0.2) is 59.5 Å². The average Bonchev–Trinajstić information content (AvgIpc) is 2.79. The highest BCUT2D eigenvalue weighted by molar-refractivity contribution is 7.93. The first-order valence-corrected chi connectivity index (χ1v) is 12.2. The molecule has 2 N–H and O–H groups in total. The largest absolute Gasteiger partial charge is 0.369 e. The fourth-order valence-electron chi connectivity index (χ4n) is 4.78. The fraction of sp³-hybridized carbons (Fsp3) is 0.333. The number of hydrogen-bond donors (Lipinski definition) is 2. The van der Waals surface area contributed by atoms with Crippen LogP contribution in [0.1, 0.15) is 24.0 Å². The first-order valence-electron chi connectivity index (χ1n) is 10.7. The Bertz CT molecular complexity index is 1180. The van der Waals surface area contributed by atoms with E-state index in [9.17, 15) is 8.42 Å². The summed E-state index contributed by atoms with van der Waals surface area (Å²) in [6.07, 6.45) is 4.19. The standard InChI is InChI=1S/C24H27N3O2S/c28-30(29,24-11-5-7-18-6-1-2-8-19(18)24)26-22-12-13-23(27-16-14-25-15-17-27)21-10-4-3-9-20(21)22/h1-2,5-8,11-13,25-26H,3-4,9-10,14-17H2. The van der Waals surface area contributed by atoms with Crippen molar-refractivity contribution < 1.29 is 8.42 Å². The van der Waals surface area contributed by atoms with Gasteiger partial charge in [-0.2, -0.15) is 0 Å². The summed E-state index contributed by atoms with van der Waals surface area (Å²) in [5.74, 6) is 0. The van der Waals surface area contributed by atoms with Crippen molar-refractivity contribution in [2.75, 3.05) is 35.8 Å². The summed E-state index contributed by atoms with van der Waals surface area (Å²) >= 11 is 0. The highest BCUT2D eigenvalue weighted by Crippen LogP contribution is 2.37. The van der Waals surface area contributed by atoms with Crippen molar-refractivity contribution >= 4 is 32.2 Å². The van der Waals surface area contributed by atoms with E-state index in [4.69, 9.17) is 0 Å². The van der Waals surface area contributed by atoms with E-state index in [1.54, 1.807) is 12.1 Å². The lowest BCUT2D eigenvalue weighted by Gasteiger charge is -2.34. The molecule has 3 aromatic carbocycles. The first-order chi connectivity index (χ1) is 14.6. The summed E-state index contributed by atoms with van der Waals surface area (Å²) in [6.45, 7) is 3.97. The van der Waals surface area contributed by atoms with Crippen molar-refractivity contribution in [2.24, 2.45) is 0 Å². The monoisotopic (exact) mass is 421 g/mol. The van der Waals surface area contributed by atoms with E-state index in [0.717, 1.165) is 68.3 Å². The van der Waals surface area contributed by atoms with Gasteiger partial charge in [0.25, 0.3) is 10.0 Å². The van der Waals surface area contributed by atoms with Gasteiger partial charge < -0.3 is 10.2 Å². The molecule has 1 heterocycles. The SMILES string of the molecule is O=S(=O)(Nc1ccc(N2CCNCC2)c2c1CCCC2)c1cccc2ccccc12. The molecular weight excluding hydrogens is 394 g/mol. The second kappa shape index (κ2) is 7.93. The van der Waals surface area contributed by atoms with Gasteiger partial charge in [-0.25, -0.2) is 8.42 Å². The number of rotatable bonds is 4. The van der Waals surface area contributed by atoms with Crippen LogP contribution in [-0.2, 0) is 22.9 Å². The van der Waals surface area contributed by atoms with Crippen LogP contribution in [0.2, 0.25) is 0 Å². The maximum Gasteiger partial charge on any atom is 0.262 e. The molecule has 0 aromatic heterocycles. The Kier molecular flexibility index (Phi) is 5.13. The molecule has 0 bridgehead atoms. The van der Waals surface area contributed by atoms with Gasteiger partial charge in [-0.3, -0.25) is 4.72 Å². The number of hydrogen-bond acceptors (Lipinski definition) is 4. The number of piperazine rings is 1. The third-order valence-electron chi connectivity index (χ3n) is 6.25. The molecule has 1 aliphatic heterocycles. The minimum Gasteiger partial charge on any atom is -0.369 e. The Morgan fingerprint density at radius 1 is 0.833 bits per heavy atom. The third-order valence-corrected chi connectivity index (χ3v) is 7.67. The van der Waals surface area contributed by atoms with Crippen molar-refractivity contribution in [3.05, 3.63) is 65.7 Å². The second-order valence-electron chi connectivity index (χ2n) is 8.12. The van der Waals surface area contributed by atoms with Crippen LogP contribution in [0, 0.1) is 0 Å². The summed E-state index contributed by atoms with van der Waals surface area (Å²) in [7, 11) is -3.68. The van der Waals surface area contributed by atoms with Crippen LogP contribution in [0.5, 0.6) is 0 Å². The molecule has 30 heavy (non-hydrogen) atoms. The van der Waals surface area contributed by atoms with Crippen LogP contribution in [0.4, 0.5) is 11.4 Å². The molecule has 6 heteroatoms. The van der Waals surface area contributed by atoms with E-state index in [0.29, 0.717) is 4.90 Å². The predicted octanol–water partition coefficient (Wildman–Crippen LogP) is 3.93. The van der Waals surface area contributed by atoms with Crippen LogP contribution in [-0.4, -0.2) is 34.6 Å². The molecular formula is C24H27N3O2S. The van der Waals surface area contributed by atoms with Crippen LogP contribution >= 0.6 is 0 Å². The topological polar surface area (TPSA) is 61.4 Å². The van der Waals surface area contributed by atoms with Crippen molar-refractivity contribution in [3.8, 4) is 0 Å². The molecule has 3 aromatic rings. The number of anilines is 2. The molecule has 0 amide bonds. The molecule has 0 unspecified atom stereocenters. The zero-order valence-corrected chi connectivity index (χ0v) is 17.8. The van der Waals surface area contributed by atoms with Gasteiger partial charge >= 0.3 is 0 Å². The van der Waals surface area contributed by atoms with E-state index >= 15 is 0 Å². The lowest BCUT2D eigenvalue weighted by Crippen LogP contribution is -2.44. The highest BCUT2D eigenvalue weighted by atomic mass is 32.2. The van der Waals surface area contributed by atoms with Crippen molar-refractivity contribution in [3.63, 3.8) is 0 Å². The van der Waals surface area contributed by atoms with Crippen LogP contribution < -0.4 is 14.9 Å². The van der Waals surface area contributed by atoms with E-state index in [2.05, 4.69) is 21.0 Å². The zero-order valence-electron chi connectivity index (χ0n) is 17.0. The lowest BCUT2D eigenvalue weighted by atomic mass is 9.88. The van der Waals surface area contributed by atoms with Crippen molar-refractivity contribution in [2.45, 2.75) is 30.6 Å². The summed E-state index contributed by atoms with van der Waals surface area (Å²) in [5, 5.41) is 5.08. The number of nitrogens with one attached hydrogen (secondary N) is 2. The zero-order chi connectivity index (χ0) is 20.6. The molecule has 1 saturated heterocycles. The molecule has 5 rings (SSSR count). The normalized spacial score (nSPS) is 17.0. The van der Waals surface area contributed by atoms with Crippen molar-refractivity contribution in [1.29, 1.82) is 0 Å². The maximum atomic E-state index is 13.4. The minimum absolute atomic E-state index is 0.330. The molecule has 5 nitrogen and oxygen atoms in total. The number of fused-ring (bicyclic) bond motifs is 2. The van der Waals surface area contributed by atoms with Gasteiger partial charge in [0.05, 0.1) is 10.6 Å². The van der Waals surface area contributed by atoms with Gasteiger partial charge in [-0.15, -0.1) is 0 Å². The summed E-state index contributed by atoms with van der Waals surface area (Å²) in [6, 6.07) is 17.1. The molecule has 0 atom stereocenters. The van der Waals surface area contributed by atoms with Gasteiger partial charge in [0.15, 0.2) is 0 Å². The van der Waals surface area contributed by atoms with Crippen molar-refractivity contribution in [1.82, 2.24) is 5.32 Å². The Hall–Kier alpha value is -2.57. The van der Waals surface area contributed by atoms with E-state index in [1.807, 2.05) is 36.4 Å². The molecule has 156 valence electrons. The second-order valence-corrected chi connectivity index (χ2v) is 9.77. The highest BCUT2D eigenvalue weighted by Gasteiger charge is 2.24. The smallest absolute Gasteiger partial charge is 0.262 e. The van der Waals surface area contributed by atoms with Gasteiger partial charge in [-0.05, 0) is 60.4 Å². The number of sulfonamides is 1. The first kappa shape index (κ1) is 19.4. The summed E-state index contributed by atoms with van der Waals surface area (Å²) < 4.78 is 29.6. The van der Waals surface area contributed by atoms with Crippen LogP contribution in [0.3, 0.4) is 0 Å². The minimum atomic E-state index is -3.68. The molecule has 0 saturated carbocycles. The van der Waals surface area contributed by atoms with Crippen LogP contribution in [0.25, 0.3) is 10.8 Å². The Labute approximate surface area is 178 Å². The fourth-order valence-corrected chi connectivity index (χ4v) is 6.10. The average molecular weight is 422 g/mol. The van der Waals surface area contributed by atoms with E-state index < -0.39 is 10.0 Å². The lowest BCUT2D eigenvalue weighted by molar-refractivity contribution is 0.584. The van der Waals surface area contributed by atoms with Gasteiger partial charge in [0.2, 0.25) is 0 Å². The quantitative estimate of drug-likeness (QED) is 0.670. The Morgan fingerprint density at radius 2 is 1.57 bits per heavy atom. The van der Waals surface area contributed by atoms with Gasteiger partial charge in [-0.1, -0.05) is 36.4 Å². The number of benzene rings is 3. The Morgan fingerprint density at radius 3 is 2.40 bits per heavy atom. The Balaban J connectivity index is 1.54. The molecule has 1 fully saturated rings. The maximum absolute atomic E-state index is 13.4. The molecule has 0 spiro atoms. The van der Waals surface area contributed by atoms with Gasteiger partial charge in [0, 0.05) is 37.3 Å². The van der Waals surface area contributed by atoms with E-state index in [-0.39, 0.29) is 0 Å². The third kappa shape index (κ3) is 3.55.